The van der Waals surface area contributed by atoms with Crippen molar-refractivity contribution in [2.24, 2.45) is 0 Å². The van der Waals surface area contributed by atoms with Crippen molar-refractivity contribution < 1.29 is 18.3 Å². The summed E-state index contributed by atoms with van der Waals surface area (Å²) in [6.45, 7) is -2.46. The highest BCUT2D eigenvalue weighted by Crippen LogP contribution is 2.40. The number of carbonyl (C=O) groups is 1. The van der Waals surface area contributed by atoms with E-state index in [-0.39, 0.29) is 11.7 Å². The van der Waals surface area contributed by atoms with Crippen LogP contribution in [0.3, 0.4) is 0 Å². The Bertz CT molecular complexity index is 1120. The number of para-hydroxylation sites is 1. The van der Waals surface area contributed by atoms with Gasteiger partial charge in [-0.05, 0) is 49.3 Å². The number of ether oxygens (including phenoxy) is 1. The summed E-state index contributed by atoms with van der Waals surface area (Å²) in [6, 6.07) is 12.6. The first-order chi connectivity index (χ1) is 14.9. The van der Waals surface area contributed by atoms with Gasteiger partial charge in [-0.1, -0.05) is 18.2 Å². The van der Waals surface area contributed by atoms with E-state index in [1.807, 2.05) is 41.0 Å². The number of thiazole rings is 1. The molecule has 0 aliphatic carbocycles. The summed E-state index contributed by atoms with van der Waals surface area (Å²) in [7, 11) is 3.63. The van der Waals surface area contributed by atoms with Gasteiger partial charge in [-0.2, -0.15) is 8.78 Å². The normalized spacial score (nSPS) is 14.7. The maximum Gasteiger partial charge on any atom is 0.387 e. The first kappa shape index (κ1) is 21.5. The highest BCUT2D eigenvalue weighted by molar-refractivity contribution is 7.97. The van der Waals surface area contributed by atoms with Crippen LogP contribution in [0.15, 0.2) is 58.9 Å². The average Bonchev–Trinajstić information content (AvgIpc) is 3.32. The number of aromatic nitrogens is 1. The Morgan fingerprint density at radius 2 is 2.10 bits per heavy atom. The molecule has 5 nitrogen and oxygen atoms in total. The molecule has 0 spiro atoms. The molecule has 0 fully saturated rings. The van der Waals surface area contributed by atoms with Crippen LogP contribution in [-0.2, 0) is 11.3 Å². The van der Waals surface area contributed by atoms with Crippen molar-refractivity contribution in [1.29, 1.82) is 0 Å². The molecule has 0 unspecified atom stereocenters. The zero-order chi connectivity index (χ0) is 22.0. The van der Waals surface area contributed by atoms with Crippen molar-refractivity contribution in [3.63, 3.8) is 0 Å². The number of benzene rings is 2. The third kappa shape index (κ3) is 4.79. The Labute approximate surface area is 187 Å². The van der Waals surface area contributed by atoms with Crippen LogP contribution in [-0.4, -0.2) is 35.9 Å². The number of anilines is 1. The second-order valence-corrected chi connectivity index (χ2v) is 9.04. The first-order valence-electron chi connectivity index (χ1n) is 9.38. The summed E-state index contributed by atoms with van der Waals surface area (Å²) >= 11 is 2.94. The Hall–Kier alpha value is -2.75. The lowest BCUT2D eigenvalue weighted by molar-refractivity contribution is -0.112. The van der Waals surface area contributed by atoms with Gasteiger partial charge in [-0.3, -0.25) is 4.79 Å². The number of halogens is 2. The monoisotopic (exact) mass is 459 g/mol. The summed E-state index contributed by atoms with van der Waals surface area (Å²) in [5, 5.41) is 2.64. The quantitative estimate of drug-likeness (QED) is 0.350. The molecule has 160 valence electrons. The Kier molecular flexibility index (Phi) is 6.35. The molecule has 2 aromatic carbocycles. The summed E-state index contributed by atoms with van der Waals surface area (Å²) in [4.78, 5) is 19.5. The first-order valence-corrected chi connectivity index (χ1v) is 11.0. The molecule has 31 heavy (non-hydrogen) atoms. The largest absolute Gasteiger partial charge is 0.434 e. The number of nitrogens with zero attached hydrogens (tertiary/aromatic N) is 3. The number of fused-ring (bicyclic) bond motifs is 1. The predicted molar refractivity (Wildman–Crippen MR) is 120 cm³/mol. The van der Waals surface area contributed by atoms with Gasteiger partial charge >= 0.3 is 6.61 Å². The molecule has 1 aliphatic heterocycles. The standard InChI is InChI=1S/C22H19F2N3O2S2/c1-26(13-14-5-3-4-6-19(14)29-22(23)24)31-15-7-8-18-16(11-15)17(21(28)27(18)2)12-20-25-9-10-30-20/h3-12,22H,13H2,1-2H3/b17-12+. The van der Waals surface area contributed by atoms with Crippen LogP contribution in [0.4, 0.5) is 14.5 Å². The number of likely N-dealkylation sites (N-methyl/N-ethyl adjacent to an activating group) is 1. The highest BCUT2D eigenvalue weighted by atomic mass is 32.2. The van der Waals surface area contributed by atoms with Crippen LogP contribution in [0, 0.1) is 0 Å². The molecule has 0 atom stereocenters. The van der Waals surface area contributed by atoms with E-state index in [2.05, 4.69) is 9.72 Å². The fourth-order valence-electron chi connectivity index (χ4n) is 3.35. The molecule has 1 amide bonds. The fourth-order valence-corrected chi connectivity index (χ4v) is 4.78. The SMILES string of the molecule is CN(Cc1ccccc1OC(F)F)Sc1ccc2c(c1)/C(=C\c1nccs1)C(=O)N2C. The molecule has 0 saturated carbocycles. The minimum atomic E-state index is -2.87. The second-order valence-electron chi connectivity index (χ2n) is 6.84. The van der Waals surface area contributed by atoms with E-state index < -0.39 is 6.61 Å². The van der Waals surface area contributed by atoms with E-state index >= 15 is 0 Å². The number of hydrogen-bond acceptors (Lipinski definition) is 6. The van der Waals surface area contributed by atoms with Crippen molar-refractivity contribution in [1.82, 2.24) is 9.29 Å². The maximum atomic E-state index is 12.7. The molecule has 0 saturated heterocycles. The smallest absolute Gasteiger partial charge is 0.387 e. The van der Waals surface area contributed by atoms with E-state index in [9.17, 15) is 13.6 Å². The van der Waals surface area contributed by atoms with Gasteiger partial charge in [0.2, 0.25) is 0 Å². The van der Waals surface area contributed by atoms with Gasteiger partial charge in [0.15, 0.2) is 0 Å². The summed E-state index contributed by atoms with van der Waals surface area (Å²) in [5.41, 5.74) is 2.96. The van der Waals surface area contributed by atoms with Gasteiger partial charge < -0.3 is 9.64 Å². The highest BCUT2D eigenvalue weighted by Gasteiger charge is 2.30. The van der Waals surface area contributed by atoms with Gasteiger partial charge in [0, 0.05) is 41.2 Å². The molecule has 1 aromatic heterocycles. The van der Waals surface area contributed by atoms with Crippen molar-refractivity contribution >= 4 is 46.5 Å². The van der Waals surface area contributed by atoms with Gasteiger partial charge in [0.1, 0.15) is 10.8 Å². The van der Waals surface area contributed by atoms with Crippen LogP contribution < -0.4 is 9.64 Å². The predicted octanol–water partition coefficient (Wildman–Crippen LogP) is 5.40. The second kappa shape index (κ2) is 9.17. The molecule has 3 aromatic rings. The average molecular weight is 460 g/mol. The molecule has 4 rings (SSSR count). The van der Waals surface area contributed by atoms with E-state index in [1.54, 1.807) is 36.3 Å². The Balaban J connectivity index is 1.55. The summed E-state index contributed by atoms with van der Waals surface area (Å²) < 4.78 is 31.9. The van der Waals surface area contributed by atoms with Gasteiger partial charge in [0.05, 0.1) is 11.3 Å². The molecular formula is C22H19F2N3O2S2. The number of amides is 1. The summed E-state index contributed by atoms with van der Waals surface area (Å²) in [5.74, 6) is 0.0959. The van der Waals surface area contributed by atoms with Crippen LogP contribution in [0.1, 0.15) is 16.1 Å². The van der Waals surface area contributed by atoms with Crippen LogP contribution in [0.2, 0.25) is 0 Å². The number of hydrogen-bond donors (Lipinski definition) is 0. The maximum absolute atomic E-state index is 12.7. The van der Waals surface area contributed by atoms with Crippen molar-refractivity contribution in [3.8, 4) is 5.75 Å². The van der Waals surface area contributed by atoms with E-state index in [1.165, 1.54) is 29.4 Å². The van der Waals surface area contributed by atoms with E-state index in [0.29, 0.717) is 17.7 Å². The lowest BCUT2D eigenvalue weighted by Gasteiger charge is -2.18. The van der Waals surface area contributed by atoms with Crippen LogP contribution in [0.5, 0.6) is 5.75 Å². The lowest BCUT2D eigenvalue weighted by atomic mass is 10.1. The van der Waals surface area contributed by atoms with E-state index in [4.69, 9.17) is 0 Å². The molecule has 0 bridgehead atoms. The number of carbonyl (C=O) groups excluding carboxylic acids is 1. The summed E-state index contributed by atoms with van der Waals surface area (Å²) in [6.07, 6.45) is 3.52. The van der Waals surface area contributed by atoms with Crippen molar-refractivity contribution in [2.75, 3.05) is 19.0 Å². The lowest BCUT2D eigenvalue weighted by Crippen LogP contribution is -2.20. The molecule has 0 N–H and O–H groups in total. The van der Waals surface area contributed by atoms with Gasteiger partial charge in [-0.25, -0.2) is 9.29 Å². The van der Waals surface area contributed by atoms with Crippen molar-refractivity contribution in [2.45, 2.75) is 18.1 Å². The van der Waals surface area contributed by atoms with Gasteiger partial charge in [-0.15, -0.1) is 11.3 Å². The van der Waals surface area contributed by atoms with E-state index in [0.717, 1.165) is 21.2 Å². The topological polar surface area (TPSA) is 45.7 Å². The number of alkyl halides is 2. The van der Waals surface area contributed by atoms with Crippen LogP contribution in [0.25, 0.3) is 11.6 Å². The Morgan fingerprint density at radius 1 is 1.29 bits per heavy atom. The zero-order valence-corrected chi connectivity index (χ0v) is 18.4. The van der Waals surface area contributed by atoms with Crippen molar-refractivity contribution in [3.05, 3.63) is 70.2 Å². The Morgan fingerprint density at radius 3 is 2.84 bits per heavy atom. The molecular weight excluding hydrogens is 440 g/mol. The molecule has 2 heterocycles. The minimum absolute atomic E-state index is 0.0706. The molecule has 0 radical (unpaired) electrons. The molecule has 1 aliphatic rings. The number of rotatable bonds is 7. The fraction of sp³-hybridized carbons (Fsp3) is 0.182. The molecule has 9 heteroatoms. The zero-order valence-electron chi connectivity index (χ0n) is 16.8. The minimum Gasteiger partial charge on any atom is -0.434 e. The third-order valence-corrected chi connectivity index (χ3v) is 6.34. The third-order valence-electron chi connectivity index (χ3n) is 4.72. The van der Waals surface area contributed by atoms with Crippen LogP contribution >= 0.6 is 23.3 Å². The van der Waals surface area contributed by atoms with Gasteiger partial charge in [0.25, 0.3) is 5.91 Å².